The van der Waals surface area contributed by atoms with Crippen LogP contribution in [0.4, 0.5) is 0 Å². The maximum Gasteiger partial charge on any atom is 0.191 e. The fourth-order valence-corrected chi connectivity index (χ4v) is 2.26. The zero-order valence-electron chi connectivity index (χ0n) is 11.2. The number of nitrogens with one attached hydrogen (secondary N) is 2. The van der Waals surface area contributed by atoms with E-state index in [1.807, 2.05) is 6.07 Å². The van der Waals surface area contributed by atoms with Gasteiger partial charge in [0.2, 0.25) is 0 Å². The monoisotopic (exact) mass is 259 g/mol. The van der Waals surface area contributed by atoms with Gasteiger partial charge in [-0.25, -0.2) is 0 Å². The lowest BCUT2D eigenvalue weighted by molar-refractivity contribution is 0.119. The number of rotatable bonds is 4. The number of hydrogen-bond donors (Lipinski definition) is 2. The molecular weight excluding hydrogens is 238 g/mol. The number of para-hydroxylation sites is 1. The van der Waals surface area contributed by atoms with E-state index in [0.29, 0.717) is 6.10 Å². The summed E-state index contributed by atoms with van der Waals surface area (Å²) < 4.78 is 6.02. The second-order valence-electron chi connectivity index (χ2n) is 5.14. The zero-order valence-corrected chi connectivity index (χ0v) is 11.2. The summed E-state index contributed by atoms with van der Waals surface area (Å²) in [4.78, 5) is 4.42. The number of guanidine groups is 1. The van der Waals surface area contributed by atoms with Crippen LogP contribution in [-0.2, 0) is 6.54 Å². The summed E-state index contributed by atoms with van der Waals surface area (Å²) in [6.45, 7) is 2.68. The minimum Gasteiger partial charge on any atom is -0.490 e. The normalized spacial score (nSPS) is 19.1. The average molecular weight is 259 g/mol. The third kappa shape index (κ3) is 3.19. The Bertz CT molecular complexity index is 454. The predicted molar refractivity (Wildman–Crippen MR) is 76.5 cm³/mol. The molecule has 0 amide bonds. The Labute approximate surface area is 114 Å². The molecule has 0 saturated heterocycles. The van der Waals surface area contributed by atoms with Crippen molar-refractivity contribution in [3.05, 3.63) is 29.8 Å². The van der Waals surface area contributed by atoms with Gasteiger partial charge in [0.1, 0.15) is 5.75 Å². The first-order valence-electron chi connectivity index (χ1n) is 7.18. The molecule has 0 spiro atoms. The molecule has 0 unspecified atom stereocenters. The van der Waals surface area contributed by atoms with Gasteiger partial charge in [-0.1, -0.05) is 18.2 Å². The van der Waals surface area contributed by atoms with Gasteiger partial charge in [0.15, 0.2) is 5.96 Å². The second-order valence-corrected chi connectivity index (χ2v) is 5.14. The Morgan fingerprint density at radius 1 is 1.26 bits per heavy atom. The third-order valence-electron chi connectivity index (χ3n) is 3.66. The molecule has 2 aliphatic rings. The van der Waals surface area contributed by atoms with Crippen LogP contribution in [0, 0.1) is 0 Å². The summed E-state index contributed by atoms with van der Waals surface area (Å²) in [6.07, 6.45) is 5.22. The minimum absolute atomic E-state index is 0.422. The molecule has 0 atom stereocenters. The molecule has 0 aromatic heterocycles. The molecular formula is C15H21N3O. The van der Waals surface area contributed by atoms with Gasteiger partial charge in [-0.15, -0.1) is 0 Å². The Kier molecular flexibility index (Phi) is 3.86. The highest BCUT2D eigenvalue weighted by Crippen LogP contribution is 2.27. The van der Waals surface area contributed by atoms with E-state index in [9.17, 15) is 0 Å². The zero-order chi connectivity index (χ0) is 12.9. The maximum atomic E-state index is 6.02. The maximum absolute atomic E-state index is 6.02. The van der Waals surface area contributed by atoms with Crippen LogP contribution in [0.5, 0.6) is 5.75 Å². The number of aliphatic imine (C=N–C) groups is 1. The van der Waals surface area contributed by atoms with Crippen LogP contribution in [0.15, 0.2) is 29.3 Å². The van der Waals surface area contributed by atoms with Gasteiger partial charge in [-0.05, 0) is 31.7 Å². The third-order valence-corrected chi connectivity index (χ3v) is 3.66. The molecule has 1 saturated carbocycles. The van der Waals surface area contributed by atoms with Crippen molar-refractivity contribution in [1.29, 1.82) is 0 Å². The standard InChI is InChI=1S/C15H21N3O/c1-2-8-14(19-13-6-3-7-13)12(5-1)11-18-15-16-9-4-10-17-15/h1-2,5,8,13H,3-4,6-7,9-11H2,(H2,16,17,18). The predicted octanol–water partition coefficient (Wildman–Crippen LogP) is 2.06. The highest BCUT2D eigenvalue weighted by molar-refractivity contribution is 5.80. The summed E-state index contributed by atoms with van der Waals surface area (Å²) >= 11 is 0. The molecule has 0 radical (unpaired) electrons. The second kappa shape index (κ2) is 5.95. The Balaban J connectivity index is 1.61. The van der Waals surface area contributed by atoms with Crippen LogP contribution in [-0.4, -0.2) is 25.2 Å². The highest BCUT2D eigenvalue weighted by atomic mass is 16.5. The number of benzene rings is 1. The largest absolute Gasteiger partial charge is 0.490 e. The van der Waals surface area contributed by atoms with E-state index in [1.165, 1.54) is 24.8 Å². The van der Waals surface area contributed by atoms with Gasteiger partial charge in [0, 0.05) is 25.2 Å². The fraction of sp³-hybridized carbons (Fsp3) is 0.533. The summed E-state index contributed by atoms with van der Waals surface area (Å²) in [5.74, 6) is 1.92. The summed E-state index contributed by atoms with van der Waals surface area (Å²) in [6, 6.07) is 8.27. The molecule has 1 aromatic carbocycles. The topological polar surface area (TPSA) is 45.6 Å². The first-order chi connectivity index (χ1) is 9.42. The average Bonchev–Trinajstić information content (AvgIpc) is 2.43. The van der Waals surface area contributed by atoms with E-state index in [0.717, 1.165) is 37.8 Å². The lowest BCUT2D eigenvalue weighted by Gasteiger charge is -2.27. The summed E-state index contributed by atoms with van der Waals surface area (Å²) in [7, 11) is 0. The van der Waals surface area contributed by atoms with Crippen molar-refractivity contribution >= 4 is 5.96 Å². The Morgan fingerprint density at radius 2 is 2.16 bits per heavy atom. The van der Waals surface area contributed by atoms with E-state index < -0.39 is 0 Å². The van der Waals surface area contributed by atoms with Crippen LogP contribution in [0.25, 0.3) is 0 Å². The number of ether oxygens (including phenoxy) is 1. The minimum atomic E-state index is 0.422. The van der Waals surface area contributed by atoms with Crippen LogP contribution in [0.2, 0.25) is 0 Å². The molecule has 2 N–H and O–H groups in total. The SMILES string of the molecule is c1ccc(OC2CCC2)c(CNC2=NCCCN2)c1. The lowest BCUT2D eigenvalue weighted by Crippen LogP contribution is -2.40. The van der Waals surface area contributed by atoms with Crippen LogP contribution >= 0.6 is 0 Å². The van der Waals surface area contributed by atoms with Crippen molar-refractivity contribution in [3.8, 4) is 5.75 Å². The fourth-order valence-electron chi connectivity index (χ4n) is 2.26. The van der Waals surface area contributed by atoms with Crippen LogP contribution in [0.3, 0.4) is 0 Å². The molecule has 1 aliphatic carbocycles. The van der Waals surface area contributed by atoms with Crippen molar-refractivity contribution < 1.29 is 4.74 Å². The molecule has 4 nitrogen and oxygen atoms in total. The van der Waals surface area contributed by atoms with Gasteiger partial charge in [-0.2, -0.15) is 0 Å². The van der Waals surface area contributed by atoms with Crippen molar-refractivity contribution in [1.82, 2.24) is 10.6 Å². The van der Waals surface area contributed by atoms with Crippen LogP contribution < -0.4 is 15.4 Å². The smallest absolute Gasteiger partial charge is 0.191 e. The van der Waals surface area contributed by atoms with Crippen molar-refractivity contribution in [3.63, 3.8) is 0 Å². The Hall–Kier alpha value is -1.71. The van der Waals surface area contributed by atoms with Gasteiger partial charge < -0.3 is 15.4 Å². The summed E-state index contributed by atoms with van der Waals surface area (Å²) in [5, 5.41) is 6.62. The lowest BCUT2D eigenvalue weighted by atomic mass is 9.96. The van der Waals surface area contributed by atoms with Crippen LogP contribution in [0.1, 0.15) is 31.2 Å². The molecule has 19 heavy (non-hydrogen) atoms. The van der Waals surface area contributed by atoms with E-state index in [1.54, 1.807) is 0 Å². The molecule has 1 fully saturated rings. The van der Waals surface area contributed by atoms with Gasteiger partial charge >= 0.3 is 0 Å². The van der Waals surface area contributed by atoms with Crippen molar-refractivity contribution in [2.45, 2.75) is 38.3 Å². The van der Waals surface area contributed by atoms with E-state index in [-0.39, 0.29) is 0 Å². The first kappa shape index (κ1) is 12.3. The van der Waals surface area contributed by atoms with E-state index >= 15 is 0 Å². The molecule has 0 bridgehead atoms. The van der Waals surface area contributed by atoms with Crippen molar-refractivity contribution in [2.24, 2.45) is 4.99 Å². The molecule has 3 rings (SSSR count). The van der Waals surface area contributed by atoms with Gasteiger partial charge in [-0.3, -0.25) is 4.99 Å². The highest BCUT2D eigenvalue weighted by Gasteiger charge is 2.20. The number of nitrogens with zero attached hydrogens (tertiary/aromatic N) is 1. The molecule has 1 aromatic rings. The molecule has 102 valence electrons. The molecule has 1 heterocycles. The quantitative estimate of drug-likeness (QED) is 0.870. The van der Waals surface area contributed by atoms with Gasteiger partial charge in [0.25, 0.3) is 0 Å². The Morgan fingerprint density at radius 3 is 2.89 bits per heavy atom. The molecule has 4 heteroatoms. The first-order valence-corrected chi connectivity index (χ1v) is 7.18. The van der Waals surface area contributed by atoms with Crippen molar-refractivity contribution in [2.75, 3.05) is 13.1 Å². The number of hydrogen-bond acceptors (Lipinski definition) is 4. The molecule has 1 aliphatic heterocycles. The van der Waals surface area contributed by atoms with E-state index in [2.05, 4.69) is 33.8 Å². The summed E-state index contributed by atoms with van der Waals surface area (Å²) in [5.41, 5.74) is 1.20. The van der Waals surface area contributed by atoms with Gasteiger partial charge in [0.05, 0.1) is 6.10 Å². The van der Waals surface area contributed by atoms with E-state index in [4.69, 9.17) is 4.74 Å².